The quantitative estimate of drug-likeness (QED) is 0.833. The Kier molecular flexibility index (Phi) is 4.45. The van der Waals surface area contributed by atoms with E-state index in [-0.39, 0.29) is 18.3 Å². The molecule has 0 aliphatic rings. The summed E-state index contributed by atoms with van der Waals surface area (Å²) in [5, 5.41) is 11.2. The number of aromatic nitrogens is 1. The minimum Gasteiger partial charge on any atom is -0.384 e. The molecular weight excluding hydrogens is 279 g/mol. The fraction of sp³-hybridized carbons (Fsp3) is 0.143. The molecule has 2 rings (SSSR count). The molecule has 2 heterocycles. The van der Waals surface area contributed by atoms with Crippen molar-refractivity contribution in [3.05, 3.63) is 45.5 Å². The average Bonchev–Trinajstić information content (AvgIpc) is 2.80. The van der Waals surface area contributed by atoms with E-state index in [2.05, 4.69) is 22.1 Å². The van der Waals surface area contributed by atoms with Crippen molar-refractivity contribution in [3.8, 4) is 11.8 Å². The van der Waals surface area contributed by atoms with Gasteiger partial charge in [0, 0.05) is 0 Å². The van der Waals surface area contributed by atoms with E-state index in [9.17, 15) is 9.18 Å². The molecule has 4 nitrogen and oxygen atoms in total. The first kappa shape index (κ1) is 14.2. The van der Waals surface area contributed by atoms with E-state index < -0.39 is 5.82 Å². The number of halogens is 1. The van der Waals surface area contributed by atoms with Crippen LogP contribution in [0.5, 0.6) is 0 Å². The molecule has 0 unspecified atom stereocenters. The summed E-state index contributed by atoms with van der Waals surface area (Å²) in [4.78, 5) is 17.0. The van der Waals surface area contributed by atoms with E-state index in [0.29, 0.717) is 4.88 Å². The molecule has 2 aromatic rings. The van der Waals surface area contributed by atoms with Gasteiger partial charge in [-0.25, -0.2) is 9.37 Å². The van der Waals surface area contributed by atoms with E-state index >= 15 is 0 Å². The van der Waals surface area contributed by atoms with Gasteiger partial charge in [-0.3, -0.25) is 4.79 Å². The van der Waals surface area contributed by atoms with Crippen LogP contribution in [0.2, 0.25) is 0 Å². The Morgan fingerprint density at radius 3 is 3.00 bits per heavy atom. The third-order valence-corrected chi connectivity index (χ3v) is 3.54. The standard InChI is InChI=1S/C14H11FN2O2S/c1-9-7-12(20-11(9)3-2-6-18)14(19)17-13-5-4-10(15)8-16-13/h4-5,7-8,18H,6H2,1H3,(H,16,17,19). The number of nitrogens with one attached hydrogen (secondary N) is 1. The normalized spacial score (nSPS) is 9.75. The van der Waals surface area contributed by atoms with E-state index in [1.165, 1.54) is 23.5 Å². The molecule has 20 heavy (non-hydrogen) atoms. The van der Waals surface area contributed by atoms with Gasteiger partial charge in [-0.2, -0.15) is 0 Å². The number of amides is 1. The van der Waals surface area contributed by atoms with Crippen molar-refractivity contribution in [1.82, 2.24) is 4.98 Å². The lowest BCUT2D eigenvalue weighted by Crippen LogP contribution is -2.11. The number of aryl methyl sites for hydroxylation is 1. The molecule has 0 aliphatic carbocycles. The zero-order chi connectivity index (χ0) is 14.5. The van der Waals surface area contributed by atoms with Gasteiger partial charge in [-0.1, -0.05) is 11.8 Å². The summed E-state index contributed by atoms with van der Waals surface area (Å²) in [6.07, 6.45) is 1.04. The molecule has 0 saturated carbocycles. The fourth-order valence-corrected chi connectivity index (χ4v) is 2.41. The van der Waals surface area contributed by atoms with Crippen molar-refractivity contribution in [2.24, 2.45) is 0 Å². The van der Waals surface area contributed by atoms with Crippen LogP contribution in [0.4, 0.5) is 10.2 Å². The highest BCUT2D eigenvalue weighted by Gasteiger charge is 2.12. The molecule has 0 spiro atoms. The Morgan fingerprint density at radius 2 is 2.35 bits per heavy atom. The average molecular weight is 290 g/mol. The van der Waals surface area contributed by atoms with E-state index in [1.54, 1.807) is 6.07 Å². The maximum absolute atomic E-state index is 12.7. The largest absolute Gasteiger partial charge is 0.384 e. The van der Waals surface area contributed by atoms with E-state index in [4.69, 9.17) is 5.11 Å². The Hall–Kier alpha value is -2.23. The number of nitrogens with zero attached hydrogens (tertiary/aromatic N) is 1. The second kappa shape index (κ2) is 6.28. The van der Waals surface area contributed by atoms with E-state index in [0.717, 1.165) is 16.6 Å². The number of anilines is 1. The number of carbonyl (C=O) groups excluding carboxylic acids is 1. The number of aliphatic hydroxyl groups is 1. The highest BCUT2D eigenvalue weighted by Crippen LogP contribution is 2.21. The molecule has 0 fully saturated rings. The van der Waals surface area contributed by atoms with Crippen LogP contribution in [0.1, 0.15) is 20.1 Å². The number of aliphatic hydroxyl groups excluding tert-OH is 1. The Bertz CT molecular complexity index is 683. The maximum Gasteiger partial charge on any atom is 0.266 e. The maximum atomic E-state index is 12.7. The number of carbonyl (C=O) groups is 1. The van der Waals surface area contributed by atoms with Crippen LogP contribution in [0, 0.1) is 24.6 Å². The highest BCUT2D eigenvalue weighted by molar-refractivity contribution is 7.14. The van der Waals surface area contributed by atoms with Crippen LogP contribution < -0.4 is 5.32 Å². The molecule has 102 valence electrons. The predicted octanol–water partition coefficient (Wildman–Crippen LogP) is 2.19. The minimum atomic E-state index is -0.462. The van der Waals surface area contributed by atoms with Crippen LogP contribution in [-0.4, -0.2) is 22.6 Å². The molecule has 0 aromatic carbocycles. The van der Waals surface area contributed by atoms with Crippen LogP contribution in [0.25, 0.3) is 0 Å². The van der Waals surface area contributed by atoms with Gasteiger partial charge in [0.1, 0.15) is 18.2 Å². The highest BCUT2D eigenvalue weighted by atomic mass is 32.1. The predicted molar refractivity (Wildman–Crippen MR) is 75.2 cm³/mol. The lowest BCUT2D eigenvalue weighted by Gasteiger charge is -2.01. The second-order valence-corrected chi connectivity index (χ2v) is 4.95. The Labute approximate surface area is 119 Å². The summed E-state index contributed by atoms with van der Waals surface area (Å²) in [6.45, 7) is 1.61. The monoisotopic (exact) mass is 290 g/mol. The molecule has 0 radical (unpaired) electrons. The van der Waals surface area contributed by atoms with Gasteiger partial charge in [-0.15, -0.1) is 11.3 Å². The van der Waals surface area contributed by atoms with E-state index in [1.807, 2.05) is 6.92 Å². The fourth-order valence-electron chi connectivity index (χ4n) is 1.47. The topological polar surface area (TPSA) is 62.2 Å². The summed E-state index contributed by atoms with van der Waals surface area (Å²) in [5.74, 6) is 4.82. The van der Waals surface area contributed by atoms with Crippen molar-refractivity contribution in [1.29, 1.82) is 0 Å². The zero-order valence-corrected chi connectivity index (χ0v) is 11.4. The number of pyridine rings is 1. The molecule has 6 heteroatoms. The number of thiophene rings is 1. The van der Waals surface area contributed by atoms with Crippen molar-refractivity contribution >= 4 is 23.1 Å². The summed E-state index contributed by atoms with van der Waals surface area (Å²) in [5.41, 5.74) is 0.869. The minimum absolute atomic E-state index is 0.224. The van der Waals surface area contributed by atoms with Crippen LogP contribution >= 0.6 is 11.3 Å². The number of hydrogen-bond acceptors (Lipinski definition) is 4. The molecule has 0 saturated heterocycles. The molecular formula is C14H11FN2O2S. The molecule has 1 amide bonds. The van der Waals surface area contributed by atoms with Crippen molar-refractivity contribution in [2.75, 3.05) is 11.9 Å². The van der Waals surface area contributed by atoms with Gasteiger partial charge < -0.3 is 10.4 Å². The second-order valence-electron chi connectivity index (χ2n) is 3.90. The van der Waals surface area contributed by atoms with Gasteiger partial charge in [-0.05, 0) is 30.7 Å². The molecule has 2 aromatic heterocycles. The number of rotatable bonds is 2. The van der Waals surface area contributed by atoms with Gasteiger partial charge in [0.15, 0.2) is 0 Å². The SMILES string of the molecule is Cc1cc(C(=O)Nc2ccc(F)cn2)sc1C#CCO. The third kappa shape index (κ3) is 3.41. The van der Waals surface area contributed by atoms with Crippen LogP contribution in [0.15, 0.2) is 24.4 Å². The molecule has 0 bridgehead atoms. The summed E-state index contributed by atoms with van der Waals surface area (Å²) in [6, 6.07) is 4.32. The third-order valence-electron chi connectivity index (χ3n) is 2.39. The van der Waals surface area contributed by atoms with Crippen molar-refractivity contribution < 1.29 is 14.3 Å². The van der Waals surface area contributed by atoms with Crippen LogP contribution in [0.3, 0.4) is 0 Å². The first-order valence-corrected chi connectivity index (χ1v) is 6.55. The summed E-state index contributed by atoms with van der Waals surface area (Å²) in [7, 11) is 0. The first-order chi connectivity index (χ1) is 9.60. The lowest BCUT2D eigenvalue weighted by atomic mass is 10.2. The molecule has 0 aliphatic heterocycles. The summed E-state index contributed by atoms with van der Waals surface area (Å²) < 4.78 is 12.7. The lowest BCUT2D eigenvalue weighted by molar-refractivity contribution is 0.103. The van der Waals surface area contributed by atoms with Gasteiger partial charge >= 0.3 is 0 Å². The number of hydrogen-bond donors (Lipinski definition) is 2. The van der Waals surface area contributed by atoms with Gasteiger partial charge in [0.2, 0.25) is 0 Å². The molecule has 0 atom stereocenters. The van der Waals surface area contributed by atoms with Gasteiger partial charge in [0.25, 0.3) is 5.91 Å². The molecule has 2 N–H and O–H groups in total. The van der Waals surface area contributed by atoms with Gasteiger partial charge in [0.05, 0.1) is 16.0 Å². The van der Waals surface area contributed by atoms with Crippen LogP contribution in [-0.2, 0) is 0 Å². The first-order valence-electron chi connectivity index (χ1n) is 5.73. The zero-order valence-electron chi connectivity index (χ0n) is 10.6. The van der Waals surface area contributed by atoms with Crippen molar-refractivity contribution in [3.63, 3.8) is 0 Å². The van der Waals surface area contributed by atoms with Crippen molar-refractivity contribution in [2.45, 2.75) is 6.92 Å². The Morgan fingerprint density at radius 1 is 1.55 bits per heavy atom. The smallest absolute Gasteiger partial charge is 0.266 e. The Balaban J connectivity index is 2.15. The summed E-state index contributed by atoms with van der Waals surface area (Å²) >= 11 is 1.23.